The first-order valence-corrected chi connectivity index (χ1v) is 7.59. The minimum absolute atomic E-state index is 0.0624. The number of aliphatic hydroxyl groups excluding tert-OH is 1. The maximum atomic E-state index is 11.9. The van der Waals surface area contributed by atoms with Gasteiger partial charge in [-0.25, -0.2) is 0 Å². The highest BCUT2D eigenvalue weighted by Gasteiger charge is 2.21. The predicted octanol–water partition coefficient (Wildman–Crippen LogP) is 2.89. The quantitative estimate of drug-likeness (QED) is 0.685. The summed E-state index contributed by atoms with van der Waals surface area (Å²) in [5.74, 6) is 0.105. The molecule has 0 aliphatic carbocycles. The van der Waals surface area contributed by atoms with E-state index in [9.17, 15) is 4.79 Å². The molecule has 0 spiro atoms. The lowest BCUT2D eigenvalue weighted by Crippen LogP contribution is -2.44. The average Bonchev–Trinajstić information content (AvgIpc) is 2.25. The molecule has 0 bridgehead atoms. The van der Waals surface area contributed by atoms with Gasteiger partial charge < -0.3 is 15.2 Å². The van der Waals surface area contributed by atoms with Crippen molar-refractivity contribution in [2.45, 2.75) is 78.9 Å². The van der Waals surface area contributed by atoms with Crippen LogP contribution in [0.2, 0.25) is 0 Å². The molecule has 0 aliphatic rings. The molecule has 1 unspecified atom stereocenters. The number of rotatable bonds is 9. The Morgan fingerprint density at radius 3 is 2.30 bits per heavy atom. The molecule has 0 saturated heterocycles. The number of carbonyl (C=O) groups is 1. The van der Waals surface area contributed by atoms with Crippen molar-refractivity contribution in [3.05, 3.63) is 0 Å². The highest BCUT2D eigenvalue weighted by atomic mass is 16.5. The van der Waals surface area contributed by atoms with E-state index in [1.807, 2.05) is 20.8 Å². The van der Waals surface area contributed by atoms with Crippen LogP contribution < -0.4 is 5.32 Å². The van der Waals surface area contributed by atoms with Crippen molar-refractivity contribution in [1.29, 1.82) is 0 Å². The van der Waals surface area contributed by atoms with Gasteiger partial charge in [-0.2, -0.15) is 0 Å². The van der Waals surface area contributed by atoms with Gasteiger partial charge in [0.2, 0.25) is 5.91 Å². The fourth-order valence-electron chi connectivity index (χ4n) is 1.77. The van der Waals surface area contributed by atoms with Crippen LogP contribution in [0.15, 0.2) is 0 Å². The van der Waals surface area contributed by atoms with E-state index >= 15 is 0 Å². The van der Waals surface area contributed by atoms with E-state index in [0.717, 1.165) is 12.8 Å². The highest BCUT2D eigenvalue weighted by Crippen LogP contribution is 2.20. The molecule has 4 heteroatoms. The van der Waals surface area contributed by atoms with E-state index in [4.69, 9.17) is 9.84 Å². The van der Waals surface area contributed by atoms with Crippen LogP contribution in [0.1, 0.15) is 67.2 Å². The average molecular weight is 287 g/mol. The van der Waals surface area contributed by atoms with E-state index in [1.165, 1.54) is 0 Å². The van der Waals surface area contributed by atoms with E-state index < -0.39 is 0 Å². The Morgan fingerprint density at radius 2 is 1.80 bits per heavy atom. The Morgan fingerprint density at radius 1 is 1.20 bits per heavy atom. The third-order valence-corrected chi connectivity index (χ3v) is 3.24. The van der Waals surface area contributed by atoms with Crippen molar-refractivity contribution in [3.8, 4) is 0 Å². The van der Waals surface area contributed by atoms with Crippen molar-refractivity contribution in [1.82, 2.24) is 5.32 Å². The van der Waals surface area contributed by atoms with Crippen LogP contribution in [0.4, 0.5) is 0 Å². The second-order valence-corrected chi connectivity index (χ2v) is 7.44. The van der Waals surface area contributed by atoms with E-state index in [0.29, 0.717) is 19.4 Å². The highest BCUT2D eigenvalue weighted by molar-refractivity contribution is 5.76. The second kappa shape index (κ2) is 8.63. The van der Waals surface area contributed by atoms with Gasteiger partial charge in [0.25, 0.3) is 0 Å². The second-order valence-electron chi connectivity index (χ2n) is 7.44. The van der Waals surface area contributed by atoms with Gasteiger partial charge >= 0.3 is 0 Å². The molecule has 0 aromatic rings. The van der Waals surface area contributed by atoms with Gasteiger partial charge in [-0.1, -0.05) is 20.8 Å². The molecule has 2 N–H and O–H groups in total. The third-order valence-electron chi connectivity index (χ3n) is 3.24. The lowest BCUT2D eigenvalue weighted by Gasteiger charge is -2.28. The molecule has 120 valence electrons. The molecule has 1 amide bonds. The summed E-state index contributed by atoms with van der Waals surface area (Å²) in [4.78, 5) is 11.9. The van der Waals surface area contributed by atoms with Crippen molar-refractivity contribution >= 4 is 5.91 Å². The van der Waals surface area contributed by atoms with Crippen LogP contribution in [0.5, 0.6) is 0 Å². The number of nitrogens with one attached hydrogen (secondary N) is 1. The number of carbonyl (C=O) groups excluding carboxylic acids is 1. The zero-order valence-electron chi connectivity index (χ0n) is 14.1. The van der Waals surface area contributed by atoms with Crippen molar-refractivity contribution in [2.75, 3.05) is 13.2 Å². The molecule has 0 aliphatic heterocycles. The van der Waals surface area contributed by atoms with Crippen LogP contribution >= 0.6 is 0 Å². The summed E-state index contributed by atoms with van der Waals surface area (Å²) < 4.78 is 5.60. The molecule has 1 atom stereocenters. The molecular weight excluding hydrogens is 254 g/mol. The Labute approximate surface area is 124 Å². The number of ether oxygens (including phenoxy) is 1. The van der Waals surface area contributed by atoms with Gasteiger partial charge in [-0.3, -0.25) is 4.79 Å². The summed E-state index contributed by atoms with van der Waals surface area (Å²) in [5.41, 5.74) is -0.0712. The summed E-state index contributed by atoms with van der Waals surface area (Å²) in [5, 5.41) is 11.9. The molecular formula is C16H33NO3. The van der Waals surface area contributed by atoms with Gasteiger partial charge in [0.05, 0.1) is 6.10 Å². The predicted molar refractivity (Wildman–Crippen MR) is 82.6 cm³/mol. The van der Waals surface area contributed by atoms with Crippen LogP contribution in [0, 0.1) is 5.41 Å². The Hall–Kier alpha value is -0.610. The minimum atomic E-state index is -0.256. The van der Waals surface area contributed by atoms with E-state index in [1.54, 1.807) is 0 Å². The van der Waals surface area contributed by atoms with Crippen LogP contribution in [0.3, 0.4) is 0 Å². The number of amides is 1. The molecule has 0 heterocycles. The Bertz CT molecular complexity index is 282. The maximum absolute atomic E-state index is 11.9. The molecule has 4 nitrogen and oxygen atoms in total. The van der Waals surface area contributed by atoms with E-state index in [2.05, 4.69) is 26.1 Å². The molecule has 0 aromatic carbocycles. The molecule has 0 saturated carbocycles. The molecule has 0 radical (unpaired) electrons. The van der Waals surface area contributed by atoms with Crippen LogP contribution in [-0.4, -0.2) is 35.9 Å². The number of hydrogen-bond acceptors (Lipinski definition) is 3. The Kier molecular flexibility index (Phi) is 8.36. The summed E-state index contributed by atoms with van der Waals surface area (Å²) in [7, 11) is 0. The topological polar surface area (TPSA) is 58.6 Å². The summed E-state index contributed by atoms with van der Waals surface area (Å²) in [6.45, 7) is 13.1. The van der Waals surface area contributed by atoms with Crippen LogP contribution in [-0.2, 0) is 9.53 Å². The SMILES string of the molecule is CC(CCO)OCCC(C)(C)NC(=O)CCC(C)(C)C. The zero-order valence-corrected chi connectivity index (χ0v) is 14.1. The molecule has 0 fully saturated rings. The lowest BCUT2D eigenvalue weighted by atomic mass is 9.90. The normalized spacial score (nSPS) is 14.2. The summed E-state index contributed by atoms with van der Waals surface area (Å²) in [6, 6.07) is 0. The van der Waals surface area contributed by atoms with Crippen molar-refractivity contribution < 1.29 is 14.6 Å². The van der Waals surface area contributed by atoms with Gasteiger partial charge in [0.15, 0.2) is 0 Å². The monoisotopic (exact) mass is 287 g/mol. The maximum Gasteiger partial charge on any atom is 0.220 e. The largest absolute Gasteiger partial charge is 0.396 e. The van der Waals surface area contributed by atoms with E-state index in [-0.39, 0.29) is 29.6 Å². The third kappa shape index (κ3) is 11.2. The smallest absolute Gasteiger partial charge is 0.220 e. The fraction of sp³-hybridized carbons (Fsp3) is 0.938. The first-order valence-electron chi connectivity index (χ1n) is 7.59. The fourth-order valence-corrected chi connectivity index (χ4v) is 1.77. The van der Waals surface area contributed by atoms with Gasteiger partial charge in [0, 0.05) is 25.2 Å². The minimum Gasteiger partial charge on any atom is -0.396 e. The standard InChI is InChI=1S/C16H33NO3/c1-13(8-11-18)20-12-10-16(5,6)17-14(19)7-9-15(2,3)4/h13,18H,7-12H2,1-6H3,(H,17,19). The van der Waals surface area contributed by atoms with Gasteiger partial charge in [-0.05, 0) is 45.4 Å². The summed E-state index contributed by atoms with van der Waals surface area (Å²) in [6.07, 6.45) is 2.93. The van der Waals surface area contributed by atoms with Crippen molar-refractivity contribution in [2.24, 2.45) is 5.41 Å². The molecule has 20 heavy (non-hydrogen) atoms. The van der Waals surface area contributed by atoms with Crippen molar-refractivity contribution in [3.63, 3.8) is 0 Å². The Balaban J connectivity index is 3.96. The van der Waals surface area contributed by atoms with Gasteiger partial charge in [0.1, 0.15) is 0 Å². The first kappa shape index (κ1) is 19.4. The number of hydrogen-bond donors (Lipinski definition) is 2. The summed E-state index contributed by atoms with van der Waals surface area (Å²) >= 11 is 0. The molecule has 0 rings (SSSR count). The van der Waals surface area contributed by atoms with Crippen LogP contribution in [0.25, 0.3) is 0 Å². The van der Waals surface area contributed by atoms with Gasteiger partial charge in [-0.15, -0.1) is 0 Å². The molecule has 0 aromatic heterocycles. The lowest BCUT2D eigenvalue weighted by molar-refractivity contribution is -0.123. The zero-order chi connectivity index (χ0) is 15.8. The first-order chi connectivity index (χ1) is 9.06. The number of aliphatic hydroxyl groups is 1.